The Morgan fingerprint density at radius 3 is 1.50 bits per heavy atom. The lowest BCUT2D eigenvalue weighted by Crippen LogP contribution is -2.15. The van der Waals surface area contributed by atoms with E-state index in [0.29, 0.717) is 6.16 Å². The van der Waals surface area contributed by atoms with E-state index in [1.807, 2.05) is 36.4 Å². The fourth-order valence-electron chi connectivity index (χ4n) is 1.81. The maximum Gasteiger partial charge on any atom is 0.165 e. The third-order valence-corrected chi connectivity index (χ3v) is 6.15. The van der Waals surface area contributed by atoms with Crippen LogP contribution in [0, 0.1) is 0 Å². The second-order valence-corrected chi connectivity index (χ2v) is 7.45. The fourth-order valence-corrected chi connectivity index (χ4v) is 5.21. The molecule has 2 aromatic carbocycles. The molecule has 2 nitrogen and oxygen atoms in total. The van der Waals surface area contributed by atoms with E-state index < -0.39 is 16.3 Å². The Morgan fingerprint density at radius 2 is 1.11 bits per heavy atom. The molecule has 0 saturated heterocycles. The molecule has 0 bridgehead atoms. The number of hydrogen-bond acceptors (Lipinski definition) is 2. The Morgan fingerprint density at radius 1 is 0.667 bits per heavy atom. The molecule has 4 heteroatoms. The standard InChI is InChI=1S/C14H16O2P2/c15-18(16)12-11-17(13-7-3-1-4-8-13)14-9-5-2-6-10-14/h1-10,15-16H,11-12H2. The molecule has 2 aromatic rings. The van der Waals surface area contributed by atoms with Crippen molar-refractivity contribution in [2.45, 2.75) is 0 Å². The first kappa shape index (κ1) is 13.6. The molecule has 2 rings (SSSR count). The number of hydrogen-bond donors (Lipinski definition) is 2. The summed E-state index contributed by atoms with van der Waals surface area (Å²) in [6.07, 6.45) is 1.30. The van der Waals surface area contributed by atoms with Crippen LogP contribution in [0.4, 0.5) is 0 Å². The fraction of sp³-hybridized carbons (Fsp3) is 0.143. The highest BCUT2D eigenvalue weighted by Crippen LogP contribution is 2.37. The van der Waals surface area contributed by atoms with Crippen LogP contribution in [0.3, 0.4) is 0 Å². The summed E-state index contributed by atoms with van der Waals surface area (Å²) in [5.41, 5.74) is 0. The van der Waals surface area contributed by atoms with E-state index in [0.717, 1.165) is 6.16 Å². The molecule has 0 radical (unpaired) electrons. The molecule has 0 spiro atoms. The van der Waals surface area contributed by atoms with E-state index >= 15 is 0 Å². The van der Waals surface area contributed by atoms with Gasteiger partial charge in [0.1, 0.15) is 0 Å². The molecule has 2 N–H and O–H groups in total. The van der Waals surface area contributed by atoms with Gasteiger partial charge in [-0.25, -0.2) is 0 Å². The quantitative estimate of drug-likeness (QED) is 0.825. The summed E-state index contributed by atoms with van der Waals surface area (Å²) in [6.45, 7) is 0. The normalized spacial score (nSPS) is 11.1. The van der Waals surface area contributed by atoms with Crippen LogP contribution in [0.25, 0.3) is 0 Å². The van der Waals surface area contributed by atoms with Crippen molar-refractivity contribution in [2.75, 3.05) is 12.3 Å². The lowest BCUT2D eigenvalue weighted by Gasteiger charge is -2.18. The number of benzene rings is 2. The molecule has 0 aromatic heterocycles. The molecular formula is C14H16O2P2. The van der Waals surface area contributed by atoms with Crippen molar-refractivity contribution in [1.29, 1.82) is 0 Å². The van der Waals surface area contributed by atoms with Crippen LogP contribution >= 0.6 is 16.3 Å². The van der Waals surface area contributed by atoms with Gasteiger partial charge in [0.15, 0.2) is 8.38 Å². The molecule has 0 heterocycles. The molecule has 0 amide bonds. The van der Waals surface area contributed by atoms with E-state index in [1.54, 1.807) is 0 Å². The van der Waals surface area contributed by atoms with Crippen molar-refractivity contribution in [1.82, 2.24) is 0 Å². The lowest BCUT2D eigenvalue weighted by molar-refractivity contribution is 0.485. The zero-order valence-electron chi connectivity index (χ0n) is 9.98. The molecule has 0 aliphatic carbocycles. The van der Waals surface area contributed by atoms with Crippen molar-refractivity contribution < 1.29 is 9.79 Å². The molecule has 18 heavy (non-hydrogen) atoms. The Bertz CT molecular complexity index is 420. The first-order chi connectivity index (χ1) is 8.77. The zero-order chi connectivity index (χ0) is 12.8. The van der Waals surface area contributed by atoms with Crippen LogP contribution in [0.2, 0.25) is 0 Å². The van der Waals surface area contributed by atoms with Crippen molar-refractivity contribution >= 4 is 26.9 Å². The summed E-state index contributed by atoms with van der Waals surface area (Å²) in [5, 5.41) is 2.58. The van der Waals surface area contributed by atoms with Crippen molar-refractivity contribution in [3.8, 4) is 0 Å². The Balaban J connectivity index is 2.24. The van der Waals surface area contributed by atoms with Crippen molar-refractivity contribution in [2.24, 2.45) is 0 Å². The largest absolute Gasteiger partial charge is 0.350 e. The minimum absolute atomic E-state index is 0.477. The van der Waals surface area contributed by atoms with E-state index in [-0.39, 0.29) is 0 Å². The smallest absolute Gasteiger partial charge is 0.165 e. The van der Waals surface area contributed by atoms with Gasteiger partial charge in [-0.2, -0.15) is 0 Å². The summed E-state index contributed by atoms with van der Waals surface area (Å²) in [4.78, 5) is 18.3. The first-order valence-electron chi connectivity index (χ1n) is 5.80. The molecule has 0 atom stereocenters. The number of rotatable bonds is 5. The van der Waals surface area contributed by atoms with Gasteiger partial charge < -0.3 is 9.79 Å². The Hall–Kier alpha value is -0.780. The van der Waals surface area contributed by atoms with Gasteiger partial charge in [-0.05, 0) is 24.7 Å². The van der Waals surface area contributed by atoms with Gasteiger partial charge in [0.2, 0.25) is 0 Å². The zero-order valence-corrected chi connectivity index (χ0v) is 11.8. The predicted octanol–water partition coefficient (Wildman–Crippen LogP) is 2.42. The van der Waals surface area contributed by atoms with Crippen LogP contribution in [0.15, 0.2) is 60.7 Å². The third kappa shape index (κ3) is 3.86. The summed E-state index contributed by atoms with van der Waals surface area (Å²) in [6, 6.07) is 20.6. The Labute approximate surface area is 110 Å². The SMILES string of the molecule is OP(O)CCP(c1ccccc1)c1ccccc1. The average Bonchev–Trinajstić information content (AvgIpc) is 2.41. The van der Waals surface area contributed by atoms with Gasteiger partial charge in [-0.1, -0.05) is 60.7 Å². The highest BCUT2D eigenvalue weighted by Gasteiger charge is 2.14. The predicted molar refractivity (Wildman–Crippen MR) is 80.2 cm³/mol. The summed E-state index contributed by atoms with van der Waals surface area (Å²) in [5.74, 6) is 0. The van der Waals surface area contributed by atoms with Gasteiger partial charge in [0, 0.05) is 6.16 Å². The minimum atomic E-state index is -1.80. The minimum Gasteiger partial charge on any atom is -0.350 e. The first-order valence-corrected chi connectivity index (χ1v) is 8.76. The maximum absolute atomic E-state index is 9.13. The Kier molecular flexibility index (Phi) is 5.28. The van der Waals surface area contributed by atoms with Crippen LogP contribution < -0.4 is 10.6 Å². The van der Waals surface area contributed by atoms with Gasteiger partial charge in [0.05, 0.1) is 0 Å². The second kappa shape index (κ2) is 6.97. The van der Waals surface area contributed by atoms with E-state index in [9.17, 15) is 0 Å². The molecule has 0 fully saturated rings. The van der Waals surface area contributed by atoms with E-state index in [2.05, 4.69) is 24.3 Å². The van der Waals surface area contributed by atoms with Crippen molar-refractivity contribution in [3.63, 3.8) is 0 Å². The summed E-state index contributed by atoms with van der Waals surface area (Å²) >= 11 is 0. The third-order valence-electron chi connectivity index (χ3n) is 2.66. The van der Waals surface area contributed by atoms with E-state index in [4.69, 9.17) is 9.79 Å². The molecule has 94 valence electrons. The molecule has 0 aliphatic rings. The summed E-state index contributed by atoms with van der Waals surface area (Å²) in [7, 11) is -2.28. The maximum atomic E-state index is 9.13. The monoisotopic (exact) mass is 278 g/mol. The highest BCUT2D eigenvalue weighted by atomic mass is 31.2. The molecule has 0 saturated carbocycles. The topological polar surface area (TPSA) is 40.5 Å². The summed E-state index contributed by atoms with van der Waals surface area (Å²) < 4.78 is 0. The van der Waals surface area contributed by atoms with Crippen LogP contribution in [-0.4, -0.2) is 22.1 Å². The van der Waals surface area contributed by atoms with Gasteiger partial charge >= 0.3 is 0 Å². The average molecular weight is 278 g/mol. The van der Waals surface area contributed by atoms with Crippen LogP contribution in [0.1, 0.15) is 0 Å². The van der Waals surface area contributed by atoms with Crippen LogP contribution in [-0.2, 0) is 0 Å². The van der Waals surface area contributed by atoms with E-state index in [1.165, 1.54) is 10.6 Å². The second-order valence-electron chi connectivity index (χ2n) is 3.92. The van der Waals surface area contributed by atoms with Gasteiger partial charge in [-0.15, -0.1) is 0 Å². The molecule has 0 unspecified atom stereocenters. The van der Waals surface area contributed by atoms with Crippen molar-refractivity contribution in [3.05, 3.63) is 60.7 Å². The highest BCUT2D eigenvalue weighted by molar-refractivity contribution is 7.73. The van der Waals surface area contributed by atoms with Gasteiger partial charge in [-0.3, -0.25) is 0 Å². The molecular weight excluding hydrogens is 262 g/mol. The lowest BCUT2D eigenvalue weighted by atomic mass is 10.4. The van der Waals surface area contributed by atoms with Crippen LogP contribution in [0.5, 0.6) is 0 Å². The van der Waals surface area contributed by atoms with Gasteiger partial charge in [0.25, 0.3) is 0 Å². The molecule has 0 aliphatic heterocycles.